The zero-order chi connectivity index (χ0) is 20.2. The summed E-state index contributed by atoms with van der Waals surface area (Å²) in [5.74, 6) is -2.51. The average Bonchev–Trinajstić information content (AvgIpc) is 2.61. The van der Waals surface area contributed by atoms with Crippen LogP contribution in [-0.4, -0.2) is 31.8 Å². The molecule has 2 rings (SSSR count). The van der Waals surface area contributed by atoms with Crippen molar-refractivity contribution in [1.29, 1.82) is 0 Å². The number of esters is 1. The summed E-state index contributed by atoms with van der Waals surface area (Å²) in [7, 11) is -3.86. The van der Waals surface area contributed by atoms with Crippen molar-refractivity contribution >= 4 is 27.6 Å². The molecule has 0 atom stereocenters. The number of carbonyl (C=O) groups is 1. The van der Waals surface area contributed by atoms with Gasteiger partial charge in [0.1, 0.15) is 18.2 Å². The molecule has 0 aliphatic carbocycles. The molecular weight excluding hydrogens is 400 g/mol. The lowest BCUT2D eigenvalue weighted by Gasteiger charge is -2.18. The molecular formula is C18H18ClF2NO4S. The second-order valence-electron chi connectivity index (χ2n) is 5.54. The predicted octanol–water partition coefficient (Wildman–Crippen LogP) is 4.01. The Bertz CT molecular complexity index is 946. The van der Waals surface area contributed by atoms with Crippen LogP contribution in [-0.2, 0) is 21.4 Å². The summed E-state index contributed by atoms with van der Waals surface area (Å²) in [5.41, 5.74) is -0.180. The highest BCUT2D eigenvalue weighted by atomic mass is 35.5. The van der Waals surface area contributed by atoms with Crippen molar-refractivity contribution in [3.05, 3.63) is 64.2 Å². The molecule has 0 spiro atoms. The Labute approximate surface area is 161 Å². The number of hydrogen-bond donors (Lipinski definition) is 0. The van der Waals surface area contributed by atoms with E-state index < -0.39 is 33.2 Å². The topological polar surface area (TPSA) is 63.7 Å². The smallest absolute Gasteiger partial charge is 0.341 e. The van der Waals surface area contributed by atoms with E-state index in [1.54, 1.807) is 13.8 Å². The third-order valence-electron chi connectivity index (χ3n) is 3.87. The first-order chi connectivity index (χ1) is 12.7. The molecule has 2 aromatic carbocycles. The highest BCUT2D eigenvalue weighted by Crippen LogP contribution is 2.22. The lowest BCUT2D eigenvalue weighted by Crippen LogP contribution is -2.30. The van der Waals surface area contributed by atoms with Gasteiger partial charge in [-0.1, -0.05) is 31.5 Å². The largest absolute Gasteiger partial charge is 0.457 e. The molecule has 0 aliphatic rings. The van der Waals surface area contributed by atoms with Crippen LogP contribution in [0.15, 0.2) is 41.3 Å². The van der Waals surface area contributed by atoms with Crippen molar-refractivity contribution in [1.82, 2.24) is 4.31 Å². The molecule has 0 bridgehead atoms. The zero-order valence-corrected chi connectivity index (χ0v) is 16.3. The molecule has 0 amide bonds. The molecule has 0 radical (unpaired) electrons. The minimum absolute atomic E-state index is 0.0566. The average molecular weight is 418 g/mol. The predicted molar refractivity (Wildman–Crippen MR) is 97.0 cm³/mol. The van der Waals surface area contributed by atoms with E-state index in [0.29, 0.717) is 5.56 Å². The van der Waals surface area contributed by atoms with Gasteiger partial charge in [0.05, 0.1) is 15.5 Å². The first-order valence-corrected chi connectivity index (χ1v) is 9.93. The number of halogens is 3. The van der Waals surface area contributed by atoms with Crippen LogP contribution in [0.25, 0.3) is 0 Å². The van der Waals surface area contributed by atoms with Crippen LogP contribution < -0.4 is 0 Å². The molecule has 0 saturated heterocycles. The van der Waals surface area contributed by atoms with E-state index in [1.807, 2.05) is 0 Å². The van der Waals surface area contributed by atoms with E-state index in [1.165, 1.54) is 10.4 Å². The van der Waals surface area contributed by atoms with Crippen LogP contribution in [0.4, 0.5) is 8.78 Å². The maximum atomic E-state index is 14.0. The van der Waals surface area contributed by atoms with Gasteiger partial charge in [-0.3, -0.25) is 0 Å². The second-order valence-corrected chi connectivity index (χ2v) is 7.89. The molecule has 9 heteroatoms. The van der Waals surface area contributed by atoms with Crippen molar-refractivity contribution in [3.63, 3.8) is 0 Å². The summed E-state index contributed by atoms with van der Waals surface area (Å²) in [4.78, 5) is 12.0. The molecule has 5 nitrogen and oxygen atoms in total. The Morgan fingerprint density at radius 1 is 1.11 bits per heavy atom. The fourth-order valence-corrected chi connectivity index (χ4v) is 4.10. The van der Waals surface area contributed by atoms with Crippen LogP contribution in [0.2, 0.25) is 5.02 Å². The van der Waals surface area contributed by atoms with Crippen LogP contribution in [0, 0.1) is 11.6 Å². The monoisotopic (exact) mass is 417 g/mol. The van der Waals surface area contributed by atoms with E-state index in [9.17, 15) is 22.0 Å². The molecule has 0 aliphatic heterocycles. The Morgan fingerprint density at radius 3 is 2.37 bits per heavy atom. The maximum absolute atomic E-state index is 14.0. The Kier molecular flexibility index (Phi) is 6.91. The summed E-state index contributed by atoms with van der Waals surface area (Å²) in [6.07, 6.45) is 0. The summed E-state index contributed by atoms with van der Waals surface area (Å²) in [6.45, 7) is 3.50. The van der Waals surface area contributed by atoms with E-state index in [-0.39, 0.29) is 29.6 Å². The minimum atomic E-state index is -3.86. The normalized spacial score (nSPS) is 11.6. The SMILES string of the molecule is CCN(CC)S(=O)(=O)c1ccc(F)c(C(=O)OCc2ccc(F)cc2Cl)c1. The quantitative estimate of drug-likeness (QED) is 0.638. The number of sulfonamides is 1. The zero-order valence-electron chi connectivity index (χ0n) is 14.7. The van der Waals surface area contributed by atoms with E-state index in [2.05, 4.69) is 0 Å². The first kappa shape index (κ1) is 21.3. The molecule has 0 N–H and O–H groups in total. The third-order valence-corrected chi connectivity index (χ3v) is 6.27. The molecule has 27 heavy (non-hydrogen) atoms. The molecule has 0 unspecified atom stereocenters. The fraction of sp³-hybridized carbons (Fsp3) is 0.278. The number of rotatable bonds is 7. The van der Waals surface area contributed by atoms with Gasteiger partial charge < -0.3 is 4.74 Å². The first-order valence-electron chi connectivity index (χ1n) is 8.11. The van der Waals surface area contributed by atoms with Gasteiger partial charge in [-0.2, -0.15) is 4.31 Å². The van der Waals surface area contributed by atoms with Gasteiger partial charge in [0.15, 0.2) is 0 Å². The summed E-state index contributed by atoms with van der Waals surface area (Å²) in [5, 5.41) is 0.0566. The molecule has 0 saturated carbocycles. The standard InChI is InChI=1S/C18H18ClF2NO4S/c1-3-22(4-2)27(24,25)14-7-8-17(21)15(10-14)18(23)26-11-12-5-6-13(20)9-16(12)19/h5-10H,3-4,11H2,1-2H3. The highest BCUT2D eigenvalue weighted by Gasteiger charge is 2.24. The third kappa shape index (κ3) is 4.82. The van der Waals surface area contributed by atoms with E-state index >= 15 is 0 Å². The van der Waals surface area contributed by atoms with Crippen molar-refractivity contribution < 1.29 is 26.7 Å². The number of hydrogen-bond acceptors (Lipinski definition) is 4. The Balaban J connectivity index is 2.26. The van der Waals surface area contributed by atoms with Gasteiger partial charge in [0.25, 0.3) is 0 Å². The summed E-state index contributed by atoms with van der Waals surface area (Å²) < 4.78 is 58.3. The highest BCUT2D eigenvalue weighted by molar-refractivity contribution is 7.89. The molecule has 0 heterocycles. The number of nitrogens with zero attached hydrogens (tertiary/aromatic N) is 1. The number of benzene rings is 2. The summed E-state index contributed by atoms with van der Waals surface area (Å²) in [6, 6.07) is 6.48. The van der Waals surface area contributed by atoms with E-state index in [4.69, 9.17) is 16.3 Å². The van der Waals surface area contributed by atoms with Gasteiger partial charge in [-0.05, 0) is 30.3 Å². The van der Waals surface area contributed by atoms with Crippen molar-refractivity contribution in [2.75, 3.05) is 13.1 Å². The Hall–Kier alpha value is -2.03. The minimum Gasteiger partial charge on any atom is -0.457 e. The molecule has 0 fully saturated rings. The van der Waals surface area contributed by atoms with Crippen molar-refractivity contribution in [2.45, 2.75) is 25.3 Å². The lowest BCUT2D eigenvalue weighted by molar-refractivity contribution is 0.0467. The van der Waals surface area contributed by atoms with Crippen LogP contribution in [0.3, 0.4) is 0 Å². The van der Waals surface area contributed by atoms with E-state index in [0.717, 1.165) is 30.3 Å². The maximum Gasteiger partial charge on any atom is 0.341 e. The van der Waals surface area contributed by atoms with Crippen molar-refractivity contribution in [3.8, 4) is 0 Å². The van der Waals surface area contributed by atoms with Gasteiger partial charge >= 0.3 is 5.97 Å². The van der Waals surface area contributed by atoms with Gasteiger partial charge in [-0.25, -0.2) is 22.0 Å². The van der Waals surface area contributed by atoms with Gasteiger partial charge in [0, 0.05) is 18.7 Å². The van der Waals surface area contributed by atoms with Gasteiger partial charge in [0.2, 0.25) is 10.0 Å². The molecule has 2 aromatic rings. The second kappa shape index (κ2) is 8.77. The van der Waals surface area contributed by atoms with Crippen LogP contribution >= 0.6 is 11.6 Å². The number of ether oxygens (including phenoxy) is 1. The fourth-order valence-electron chi connectivity index (χ4n) is 2.39. The van der Waals surface area contributed by atoms with Crippen molar-refractivity contribution in [2.24, 2.45) is 0 Å². The number of carbonyl (C=O) groups excluding carboxylic acids is 1. The molecule has 0 aromatic heterocycles. The Morgan fingerprint density at radius 2 is 1.78 bits per heavy atom. The van der Waals surface area contributed by atoms with Crippen LogP contribution in [0.1, 0.15) is 29.8 Å². The van der Waals surface area contributed by atoms with Gasteiger partial charge in [-0.15, -0.1) is 0 Å². The lowest BCUT2D eigenvalue weighted by atomic mass is 10.2. The molecule has 146 valence electrons. The summed E-state index contributed by atoms with van der Waals surface area (Å²) >= 11 is 5.85. The van der Waals surface area contributed by atoms with Crippen LogP contribution in [0.5, 0.6) is 0 Å².